The van der Waals surface area contributed by atoms with Crippen molar-refractivity contribution in [2.45, 2.75) is 45.6 Å². The summed E-state index contributed by atoms with van der Waals surface area (Å²) in [5.41, 5.74) is 6.76. The number of alkyl halides is 3. The van der Waals surface area contributed by atoms with Gasteiger partial charge in [-0.3, -0.25) is 9.69 Å². The second-order valence-corrected chi connectivity index (χ2v) is 7.50. The van der Waals surface area contributed by atoms with E-state index in [2.05, 4.69) is 28.8 Å². The maximum absolute atomic E-state index is 12.3. The Hall–Kier alpha value is -1.51. The summed E-state index contributed by atoms with van der Waals surface area (Å²) in [6, 6.07) is 5.30. The minimum atomic E-state index is -4.72. The molecule has 2 unspecified atom stereocenters. The zero-order chi connectivity index (χ0) is 19.5. The van der Waals surface area contributed by atoms with Crippen LogP contribution in [0.4, 0.5) is 13.2 Å². The van der Waals surface area contributed by atoms with E-state index in [1.54, 1.807) is 6.92 Å². The summed E-state index contributed by atoms with van der Waals surface area (Å²) >= 11 is 0. The van der Waals surface area contributed by atoms with Gasteiger partial charge >= 0.3 is 6.36 Å². The number of nitrogens with zero attached hydrogens (tertiary/aromatic N) is 1. The summed E-state index contributed by atoms with van der Waals surface area (Å²) in [5, 5.41) is 2.87. The van der Waals surface area contributed by atoms with Gasteiger partial charge in [0.15, 0.2) is 0 Å². The lowest BCUT2D eigenvalue weighted by Crippen LogP contribution is -2.54. The molecule has 5 nitrogen and oxygen atoms in total. The highest BCUT2D eigenvalue weighted by molar-refractivity contribution is 5.85. The van der Waals surface area contributed by atoms with Crippen molar-refractivity contribution < 1.29 is 22.7 Å². The summed E-state index contributed by atoms with van der Waals surface area (Å²) in [5.74, 6) is -0.411. The van der Waals surface area contributed by atoms with Crippen LogP contribution in [0.3, 0.4) is 0 Å². The molecule has 1 fully saturated rings. The van der Waals surface area contributed by atoms with Crippen molar-refractivity contribution in [1.82, 2.24) is 10.2 Å². The minimum absolute atomic E-state index is 0. The highest BCUT2D eigenvalue weighted by Crippen LogP contribution is 2.27. The van der Waals surface area contributed by atoms with Crippen molar-refractivity contribution in [1.29, 1.82) is 0 Å². The summed E-state index contributed by atoms with van der Waals surface area (Å²) in [6.07, 6.45) is -3.87. The Kier molecular flexibility index (Phi) is 7.95. The van der Waals surface area contributed by atoms with E-state index in [1.807, 2.05) is 0 Å². The van der Waals surface area contributed by atoms with Gasteiger partial charge < -0.3 is 15.8 Å². The van der Waals surface area contributed by atoms with Crippen LogP contribution in [0.5, 0.6) is 5.75 Å². The number of halogens is 4. The average molecular weight is 410 g/mol. The minimum Gasteiger partial charge on any atom is -0.406 e. The summed E-state index contributed by atoms with van der Waals surface area (Å²) in [4.78, 5) is 14.4. The fourth-order valence-corrected chi connectivity index (χ4v) is 3.15. The number of hydrogen-bond donors (Lipinski definition) is 2. The number of nitrogens with one attached hydrogen (secondary N) is 1. The van der Waals surface area contributed by atoms with Crippen LogP contribution in [0.15, 0.2) is 24.3 Å². The van der Waals surface area contributed by atoms with Crippen molar-refractivity contribution in [3.05, 3.63) is 29.8 Å². The molecule has 0 aromatic heterocycles. The Morgan fingerprint density at radius 1 is 1.37 bits per heavy atom. The first-order valence-corrected chi connectivity index (χ1v) is 8.59. The zero-order valence-corrected chi connectivity index (χ0v) is 16.5. The number of hydrogen-bond acceptors (Lipinski definition) is 4. The third-order valence-electron chi connectivity index (χ3n) is 4.75. The number of carbonyl (C=O) groups is 1. The Labute approximate surface area is 163 Å². The number of rotatable bonds is 5. The fraction of sp³-hybridized carbons (Fsp3) is 0.611. The highest BCUT2D eigenvalue weighted by Gasteiger charge is 2.34. The molecule has 1 amide bonds. The summed E-state index contributed by atoms with van der Waals surface area (Å²) in [6.45, 7) is 7.77. The van der Waals surface area contributed by atoms with Crippen LogP contribution in [0.25, 0.3) is 0 Å². The largest absolute Gasteiger partial charge is 0.573 e. The number of amides is 1. The van der Waals surface area contributed by atoms with Crippen LogP contribution in [0.2, 0.25) is 0 Å². The molecule has 1 aliphatic heterocycles. The van der Waals surface area contributed by atoms with Crippen molar-refractivity contribution in [2.24, 2.45) is 11.1 Å². The molecule has 1 heterocycles. The fourth-order valence-electron chi connectivity index (χ4n) is 3.15. The number of nitrogens with two attached hydrogens (primary N) is 1. The van der Waals surface area contributed by atoms with Crippen molar-refractivity contribution in [3.8, 4) is 5.75 Å². The van der Waals surface area contributed by atoms with Gasteiger partial charge in [-0.1, -0.05) is 26.0 Å². The van der Waals surface area contributed by atoms with Gasteiger partial charge in [-0.25, -0.2) is 0 Å². The van der Waals surface area contributed by atoms with Crippen molar-refractivity contribution >= 4 is 18.3 Å². The first kappa shape index (κ1) is 23.5. The first-order chi connectivity index (χ1) is 12.0. The standard InChI is InChI=1S/C18H26F3N3O2.ClH/c1-12(13-4-6-14(7-5-13)26-18(19,20)21)23-16(25)10-24-9-8-15(22)17(2,3)11-24;/h4-7,12,15H,8-11,22H2,1-3H3,(H,23,25);1H. The Morgan fingerprint density at radius 2 is 1.96 bits per heavy atom. The molecule has 0 bridgehead atoms. The Balaban J connectivity index is 0.00000364. The molecule has 1 aliphatic rings. The number of carbonyl (C=O) groups excluding carboxylic acids is 1. The lowest BCUT2D eigenvalue weighted by Gasteiger charge is -2.42. The van der Waals surface area contributed by atoms with E-state index in [0.717, 1.165) is 19.5 Å². The van der Waals surface area contributed by atoms with E-state index in [9.17, 15) is 18.0 Å². The second kappa shape index (κ2) is 9.12. The van der Waals surface area contributed by atoms with Gasteiger partial charge in [-0.05, 0) is 36.5 Å². The van der Waals surface area contributed by atoms with Gasteiger partial charge in [0.25, 0.3) is 0 Å². The molecule has 9 heteroatoms. The second-order valence-electron chi connectivity index (χ2n) is 7.50. The van der Waals surface area contributed by atoms with E-state index < -0.39 is 6.36 Å². The predicted octanol–water partition coefficient (Wildman–Crippen LogP) is 3.24. The van der Waals surface area contributed by atoms with E-state index in [4.69, 9.17) is 5.73 Å². The smallest absolute Gasteiger partial charge is 0.406 e. The van der Waals surface area contributed by atoms with E-state index in [-0.39, 0.29) is 48.1 Å². The van der Waals surface area contributed by atoms with Gasteiger partial charge in [-0.15, -0.1) is 25.6 Å². The average Bonchev–Trinajstić information content (AvgIpc) is 2.49. The third-order valence-corrected chi connectivity index (χ3v) is 4.75. The van der Waals surface area contributed by atoms with Crippen LogP contribution in [-0.2, 0) is 4.79 Å². The van der Waals surface area contributed by atoms with Crippen LogP contribution >= 0.6 is 12.4 Å². The molecule has 3 N–H and O–H groups in total. The molecule has 1 saturated heterocycles. The van der Waals surface area contributed by atoms with E-state index in [1.165, 1.54) is 24.3 Å². The quantitative estimate of drug-likeness (QED) is 0.783. The van der Waals surface area contributed by atoms with Gasteiger partial charge in [0, 0.05) is 19.1 Å². The lowest BCUT2D eigenvalue weighted by atomic mass is 9.80. The molecular weight excluding hydrogens is 383 g/mol. The van der Waals surface area contributed by atoms with Crippen molar-refractivity contribution in [3.63, 3.8) is 0 Å². The first-order valence-electron chi connectivity index (χ1n) is 8.59. The van der Waals surface area contributed by atoms with Crippen molar-refractivity contribution in [2.75, 3.05) is 19.6 Å². The Bertz CT molecular complexity index is 623. The normalized spacial score (nSPS) is 21.1. The molecule has 1 aromatic rings. The lowest BCUT2D eigenvalue weighted by molar-refractivity contribution is -0.274. The maximum Gasteiger partial charge on any atom is 0.573 e. The molecule has 0 aliphatic carbocycles. The summed E-state index contributed by atoms with van der Waals surface area (Å²) < 4.78 is 40.4. The molecule has 2 atom stereocenters. The zero-order valence-electron chi connectivity index (χ0n) is 15.7. The van der Waals surface area contributed by atoms with Gasteiger partial charge in [0.2, 0.25) is 5.91 Å². The molecule has 1 aromatic carbocycles. The molecule has 0 spiro atoms. The predicted molar refractivity (Wildman–Crippen MR) is 99.7 cm³/mol. The van der Waals surface area contributed by atoms with Gasteiger partial charge in [0.1, 0.15) is 5.75 Å². The molecule has 27 heavy (non-hydrogen) atoms. The molecular formula is C18H27ClF3N3O2. The van der Waals surface area contributed by atoms with Crippen LogP contribution in [-0.4, -0.2) is 42.8 Å². The topological polar surface area (TPSA) is 67.6 Å². The van der Waals surface area contributed by atoms with Gasteiger partial charge in [0.05, 0.1) is 12.6 Å². The molecule has 154 valence electrons. The maximum atomic E-state index is 12.3. The van der Waals surface area contributed by atoms with Crippen LogP contribution in [0, 0.1) is 5.41 Å². The monoisotopic (exact) mass is 409 g/mol. The highest BCUT2D eigenvalue weighted by atomic mass is 35.5. The summed E-state index contributed by atoms with van der Waals surface area (Å²) in [7, 11) is 0. The van der Waals surface area contributed by atoms with E-state index >= 15 is 0 Å². The SMILES string of the molecule is CC(NC(=O)CN1CCC(N)C(C)(C)C1)c1ccc(OC(F)(F)F)cc1.Cl. The molecule has 0 radical (unpaired) electrons. The van der Waals surface area contributed by atoms with E-state index in [0.29, 0.717) is 5.56 Å². The number of benzene rings is 1. The van der Waals surface area contributed by atoms with Crippen LogP contribution in [0.1, 0.15) is 38.8 Å². The number of likely N-dealkylation sites (tertiary alicyclic amines) is 1. The number of piperidine rings is 1. The van der Waals surface area contributed by atoms with Gasteiger partial charge in [-0.2, -0.15) is 0 Å². The molecule has 2 rings (SSSR count). The molecule has 0 saturated carbocycles. The number of ether oxygens (including phenoxy) is 1. The Morgan fingerprint density at radius 3 is 2.48 bits per heavy atom. The van der Waals surface area contributed by atoms with Crippen LogP contribution < -0.4 is 15.8 Å². The third kappa shape index (κ3) is 7.20.